The average molecular weight is 182 g/mol. The minimum absolute atomic E-state index is 0.310. The van der Waals surface area contributed by atoms with E-state index in [-0.39, 0.29) is 0 Å². The molecule has 1 N–H and O–H groups in total. The number of aryl methyl sites for hydroxylation is 1. The Morgan fingerprint density at radius 1 is 1.69 bits per heavy atom. The van der Waals surface area contributed by atoms with E-state index in [0.29, 0.717) is 17.7 Å². The highest BCUT2D eigenvalue weighted by Crippen LogP contribution is 2.03. The summed E-state index contributed by atoms with van der Waals surface area (Å²) in [6.45, 7) is 1.83. The van der Waals surface area contributed by atoms with Gasteiger partial charge in [-0.1, -0.05) is 6.92 Å². The molecule has 0 radical (unpaired) electrons. The number of carbonyl (C=O) groups excluding carboxylic acids is 1. The predicted molar refractivity (Wildman–Crippen MR) is 45.6 cm³/mol. The van der Waals surface area contributed by atoms with E-state index in [2.05, 4.69) is 14.7 Å². The molecule has 0 aliphatic rings. The van der Waals surface area contributed by atoms with Gasteiger partial charge >= 0.3 is 11.7 Å². The number of nitrogens with one attached hydrogen (secondary N) is 1. The second-order valence-electron chi connectivity index (χ2n) is 2.43. The number of hydrogen-bond donors (Lipinski definition) is 1. The molecule has 0 atom stereocenters. The number of nitrogens with zero attached hydrogens (tertiary/aromatic N) is 1. The van der Waals surface area contributed by atoms with Gasteiger partial charge in [-0.25, -0.2) is 14.6 Å². The average Bonchev–Trinajstić information content (AvgIpc) is 2.16. The van der Waals surface area contributed by atoms with E-state index in [1.54, 1.807) is 0 Å². The van der Waals surface area contributed by atoms with E-state index in [0.717, 1.165) is 0 Å². The number of rotatable bonds is 2. The van der Waals surface area contributed by atoms with Gasteiger partial charge in [0.15, 0.2) is 0 Å². The van der Waals surface area contributed by atoms with Crippen molar-refractivity contribution in [2.45, 2.75) is 13.3 Å². The van der Waals surface area contributed by atoms with Crippen LogP contribution in [0.15, 0.2) is 11.0 Å². The van der Waals surface area contributed by atoms with Gasteiger partial charge in [0.05, 0.1) is 12.7 Å². The molecule has 13 heavy (non-hydrogen) atoms. The maximum Gasteiger partial charge on any atom is 0.345 e. The molecule has 0 unspecified atom stereocenters. The third-order valence-electron chi connectivity index (χ3n) is 1.65. The van der Waals surface area contributed by atoms with Gasteiger partial charge in [-0.3, -0.25) is 0 Å². The molecule has 0 aliphatic carbocycles. The van der Waals surface area contributed by atoms with Crippen molar-refractivity contribution in [1.29, 1.82) is 0 Å². The summed E-state index contributed by atoms with van der Waals surface area (Å²) in [6.07, 6.45) is 1.78. The fraction of sp³-hybridized carbons (Fsp3) is 0.375. The normalized spacial score (nSPS) is 9.69. The molecule has 1 rings (SSSR count). The lowest BCUT2D eigenvalue weighted by molar-refractivity contribution is 0.0598. The van der Waals surface area contributed by atoms with Crippen LogP contribution >= 0.6 is 0 Å². The van der Waals surface area contributed by atoms with E-state index >= 15 is 0 Å². The Bertz CT molecular complexity index is 370. The fourth-order valence-electron chi connectivity index (χ4n) is 0.994. The molecule has 0 saturated heterocycles. The van der Waals surface area contributed by atoms with E-state index in [1.165, 1.54) is 13.3 Å². The van der Waals surface area contributed by atoms with Gasteiger partial charge in [0.1, 0.15) is 0 Å². The highest BCUT2D eigenvalue weighted by atomic mass is 16.5. The summed E-state index contributed by atoms with van der Waals surface area (Å²) in [7, 11) is 1.28. The summed E-state index contributed by atoms with van der Waals surface area (Å²) in [6, 6.07) is 0. The molecule has 0 bridgehead atoms. The molecule has 5 heteroatoms. The quantitative estimate of drug-likeness (QED) is 0.659. The number of aromatic amines is 1. The zero-order chi connectivity index (χ0) is 9.84. The largest absolute Gasteiger partial charge is 0.465 e. The van der Waals surface area contributed by atoms with E-state index in [1.807, 2.05) is 6.92 Å². The van der Waals surface area contributed by atoms with Crippen molar-refractivity contribution in [3.63, 3.8) is 0 Å². The second-order valence-corrected chi connectivity index (χ2v) is 2.43. The zero-order valence-corrected chi connectivity index (χ0v) is 7.46. The number of ether oxygens (including phenoxy) is 1. The molecule has 1 aromatic heterocycles. The Morgan fingerprint density at radius 3 is 2.92 bits per heavy atom. The van der Waals surface area contributed by atoms with Crippen LogP contribution in [0.3, 0.4) is 0 Å². The van der Waals surface area contributed by atoms with Crippen LogP contribution in [-0.4, -0.2) is 23.0 Å². The van der Waals surface area contributed by atoms with E-state index < -0.39 is 11.7 Å². The van der Waals surface area contributed by atoms with E-state index in [4.69, 9.17) is 0 Å². The number of aromatic nitrogens is 2. The van der Waals surface area contributed by atoms with Gasteiger partial charge in [-0.05, 0) is 6.42 Å². The molecule has 0 spiro atoms. The predicted octanol–water partition coefficient (Wildman–Crippen LogP) is 0.119. The third kappa shape index (κ3) is 1.93. The van der Waals surface area contributed by atoms with Crippen LogP contribution in [0.2, 0.25) is 0 Å². The van der Waals surface area contributed by atoms with Crippen molar-refractivity contribution in [2.75, 3.05) is 7.11 Å². The number of H-pyrrole nitrogens is 1. The smallest absolute Gasteiger partial charge is 0.345 e. The summed E-state index contributed by atoms with van der Waals surface area (Å²) in [5.41, 5.74) is 0.404. The Kier molecular flexibility index (Phi) is 2.79. The van der Waals surface area contributed by atoms with Gasteiger partial charge in [0.25, 0.3) is 0 Å². The maximum atomic E-state index is 11.1. The van der Waals surface area contributed by atoms with Crippen LogP contribution in [0.4, 0.5) is 0 Å². The Labute approximate surface area is 74.8 Å². The first kappa shape index (κ1) is 9.44. The maximum absolute atomic E-state index is 11.1. The van der Waals surface area contributed by atoms with Crippen molar-refractivity contribution < 1.29 is 9.53 Å². The van der Waals surface area contributed by atoms with Crippen molar-refractivity contribution >= 4 is 5.97 Å². The topological polar surface area (TPSA) is 72.0 Å². The Morgan fingerprint density at radius 2 is 2.38 bits per heavy atom. The summed E-state index contributed by atoms with van der Waals surface area (Å²) in [5.74, 6) is -0.486. The van der Waals surface area contributed by atoms with Crippen molar-refractivity contribution in [3.05, 3.63) is 27.9 Å². The van der Waals surface area contributed by atoms with Crippen LogP contribution in [-0.2, 0) is 11.2 Å². The molecular formula is C8H10N2O3. The molecule has 0 aromatic carbocycles. The number of carbonyl (C=O) groups is 1. The van der Waals surface area contributed by atoms with Crippen LogP contribution in [0.1, 0.15) is 23.0 Å². The second kappa shape index (κ2) is 3.84. The molecule has 0 aliphatic heterocycles. The minimum Gasteiger partial charge on any atom is -0.465 e. The van der Waals surface area contributed by atoms with Crippen molar-refractivity contribution in [1.82, 2.24) is 9.97 Å². The van der Waals surface area contributed by atoms with Crippen molar-refractivity contribution in [2.24, 2.45) is 0 Å². The first-order chi connectivity index (χ1) is 6.19. The van der Waals surface area contributed by atoms with Gasteiger partial charge in [0.2, 0.25) is 0 Å². The molecule has 70 valence electrons. The zero-order valence-electron chi connectivity index (χ0n) is 7.46. The molecule has 0 fully saturated rings. The Hall–Kier alpha value is -1.65. The minimum atomic E-state index is -0.486. The van der Waals surface area contributed by atoms with Crippen LogP contribution in [0.25, 0.3) is 0 Å². The van der Waals surface area contributed by atoms with Crippen LogP contribution < -0.4 is 5.69 Å². The molecular weight excluding hydrogens is 172 g/mol. The molecule has 0 saturated carbocycles. The van der Waals surface area contributed by atoms with Gasteiger partial charge < -0.3 is 9.72 Å². The molecule has 1 heterocycles. The molecule has 5 nitrogen and oxygen atoms in total. The van der Waals surface area contributed by atoms with Gasteiger partial charge in [-0.2, -0.15) is 0 Å². The summed E-state index contributed by atoms with van der Waals surface area (Å²) >= 11 is 0. The summed E-state index contributed by atoms with van der Waals surface area (Å²) in [5, 5.41) is 0. The fourth-order valence-corrected chi connectivity index (χ4v) is 0.994. The first-order valence-electron chi connectivity index (χ1n) is 3.85. The standard InChI is InChI=1S/C8H10N2O3/c1-3-6-5(7(11)13-2)4-9-8(12)10-6/h4H,3H2,1-2H3,(H,9,10,12). The van der Waals surface area contributed by atoms with Crippen LogP contribution in [0.5, 0.6) is 0 Å². The Balaban J connectivity index is 3.21. The lowest BCUT2D eigenvalue weighted by Crippen LogP contribution is -2.17. The number of esters is 1. The third-order valence-corrected chi connectivity index (χ3v) is 1.65. The number of methoxy groups -OCH3 is 1. The summed E-state index contributed by atoms with van der Waals surface area (Å²) < 4.78 is 4.52. The summed E-state index contributed by atoms with van der Waals surface area (Å²) in [4.78, 5) is 27.8. The number of hydrogen-bond acceptors (Lipinski definition) is 4. The van der Waals surface area contributed by atoms with E-state index in [9.17, 15) is 9.59 Å². The monoisotopic (exact) mass is 182 g/mol. The molecule has 0 amide bonds. The van der Waals surface area contributed by atoms with Gasteiger partial charge in [0, 0.05) is 11.9 Å². The molecule has 1 aromatic rings. The highest BCUT2D eigenvalue weighted by Gasteiger charge is 2.11. The highest BCUT2D eigenvalue weighted by molar-refractivity contribution is 5.90. The first-order valence-corrected chi connectivity index (χ1v) is 3.85. The SMILES string of the molecule is CCc1[nH]c(=O)ncc1C(=O)OC. The van der Waals surface area contributed by atoms with Crippen molar-refractivity contribution in [3.8, 4) is 0 Å². The lowest BCUT2D eigenvalue weighted by atomic mass is 10.2. The van der Waals surface area contributed by atoms with Crippen LogP contribution in [0, 0.1) is 0 Å². The van der Waals surface area contributed by atoms with Gasteiger partial charge in [-0.15, -0.1) is 0 Å². The lowest BCUT2D eigenvalue weighted by Gasteiger charge is -2.03.